The molecule has 1 rings (SSSR count). The summed E-state index contributed by atoms with van der Waals surface area (Å²) in [7, 11) is 2.01. The number of nitrogens with one attached hydrogen (secondary N) is 1. The molecule has 0 radical (unpaired) electrons. The van der Waals surface area contributed by atoms with E-state index in [2.05, 4.69) is 4.90 Å². The van der Waals surface area contributed by atoms with Crippen molar-refractivity contribution < 1.29 is 4.74 Å². The maximum atomic E-state index is 7.33. The van der Waals surface area contributed by atoms with Crippen LogP contribution in [0.5, 0.6) is 5.75 Å². The molecule has 0 aliphatic heterocycles. The van der Waals surface area contributed by atoms with Crippen LogP contribution in [0.25, 0.3) is 0 Å². The lowest BCUT2D eigenvalue weighted by Gasteiger charge is -2.20. The van der Waals surface area contributed by atoms with Gasteiger partial charge in [0.15, 0.2) is 0 Å². The molecule has 0 fully saturated rings. The lowest BCUT2D eigenvalue weighted by Crippen LogP contribution is -2.34. The van der Waals surface area contributed by atoms with Crippen molar-refractivity contribution in [3.63, 3.8) is 0 Å². The second kappa shape index (κ2) is 6.91. The predicted molar refractivity (Wildman–Crippen MR) is 70.5 cm³/mol. The van der Waals surface area contributed by atoms with Gasteiger partial charge in [-0.3, -0.25) is 5.41 Å². The monoisotopic (exact) mass is 235 g/mol. The van der Waals surface area contributed by atoms with Crippen molar-refractivity contribution in [2.45, 2.75) is 6.92 Å². The molecule has 4 heteroatoms. The van der Waals surface area contributed by atoms with Crippen molar-refractivity contribution in [2.24, 2.45) is 11.7 Å². The summed E-state index contributed by atoms with van der Waals surface area (Å²) >= 11 is 0. The van der Waals surface area contributed by atoms with E-state index in [4.69, 9.17) is 15.9 Å². The highest BCUT2D eigenvalue weighted by atomic mass is 16.5. The van der Waals surface area contributed by atoms with Gasteiger partial charge in [-0.1, -0.05) is 25.1 Å². The van der Waals surface area contributed by atoms with Gasteiger partial charge < -0.3 is 15.4 Å². The fourth-order valence-electron chi connectivity index (χ4n) is 1.49. The Morgan fingerprint density at radius 2 is 2.06 bits per heavy atom. The Kier molecular flexibility index (Phi) is 5.49. The molecular formula is C13H21N3O. The lowest BCUT2D eigenvalue weighted by molar-refractivity contribution is 0.230. The second-order valence-electron chi connectivity index (χ2n) is 4.28. The Hall–Kier alpha value is -1.55. The Bertz CT molecular complexity index is 340. The predicted octanol–water partition coefficient (Wildman–Crippen LogP) is 1.57. The van der Waals surface area contributed by atoms with E-state index in [0.29, 0.717) is 6.61 Å². The molecule has 1 unspecified atom stereocenters. The van der Waals surface area contributed by atoms with Crippen molar-refractivity contribution in [3.8, 4) is 5.75 Å². The molecule has 0 saturated heterocycles. The third-order valence-electron chi connectivity index (χ3n) is 2.60. The van der Waals surface area contributed by atoms with E-state index in [1.54, 1.807) is 0 Å². The van der Waals surface area contributed by atoms with Crippen LogP contribution in [0.1, 0.15) is 6.92 Å². The quantitative estimate of drug-likeness (QED) is 0.557. The van der Waals surface area contributed by atoms with E-state index in [9.17, 15) is 0 Å². The lowest BCUT2D eigenvalue weighted by atomic mass is 10.1. The first-order valence-corrected chi connectivity index (χ1v) is 5.80. The first kappa shape index (κ1) is 13.5. The zero-order valence-electron chi connectivity index (χ0n) is 10.5. The first-order chi connectivity index (χ1) is 8.09. The van der Waals surface area contributed by atoms with E-state index < -0.39 is 0 Å². The summed E-state index contributed by atoms with van der Waals surface area (Å²) in [5.41, 5.74) is 5.43. The average molecular weight is 235 g/mol. The molecule has 1 aromatic carbocycles. The van der Waals surface area contributed by atoms with Crippen molar-refractivity contribution in [3.05, 3.63) is 30.3 Å². The normalized spacial score (nSPS) is 12.4. The van der Waals surface area contributed by atoms with Gasteiger partial charge >= 0.3 is 0 Å². The van der Waals surface area contributed by atoms with Gasteiger partial charge in [-0.2, -0.15) is 0 Å². The van der Waals surface area contributed by atoms with Crippen LogP contribution in [0.4, 0.5) is 0 Å². The van der Waals surface area contributed by atoms with Gasteiger partial charge in [0.1, 0.15) is 12.4 Å². The molecule has 1 aromatic rings. The van der Waals surface area contributed by atoms with Crippen LogP contribution in [0.15, 0.2) is 30.3 Å². The molecule has 0 saturated carbocycles. The molecule has 0 heterocycles. The summed E-state index contributed by atoms with van der Waals surface area (Å²) < 4.78 is 5.59. The molecule has 0 spiro atoms. The summed E-state index contributed by atoms with van der Waals surface area (Å²) in [6.07, 6.45) is 0. The van der Waals surface area contributed by atoms with Gasteiger partial charge in [-0.15, -0.1) is 0 Å². The maximum absolute atomic E-state index is 7.33. The first-order valence-electron chi connectivity index (χ1n) is 5.80. The molecular weight excluding hydrogens is 214 g/mol. The summed E-state index contributed by atoms with van der Waals surface area (Å²) in [5, 5.41) is 7.33. The third kappa shape index (κ3) is 5.36. The van der Waals surface area contributed by atoms with E-state index in [-0.39, 0.29) is 11.8 Å². The van der Waals surface area contributed by atoms with E-state index in [1.165, 1.54) is 0 Å². The SMILES string of the molecule is CC(CN(C)CCOc1ccccc1)C(=N)N. The summed E-state index contributed by atoms with van der Waals surface area (Å²) in [6.45, 7) is 4.21. The smallest absolute Gasteiger partial charge is 0.119 e. The Labute approximate surface area is 103 Å². The van der Waals surface area contributed by atoms with Gasteiger partial charge in [0.2, 0.25) is 0 Å². The topological polar surface area (TPSA) is 62.3 Å². The van der Waals surface area contributed by atoms with Crippen LogP contribution in [0.3, 0.4) is 0 Å². The zero-order valence-corrected chi connectivity index (χ0v) is 10.5. The van der Waals surface area contributed by atoms with Crippen LogP contribution in [-0.4, -0.2) is 37.5 Å². The largest absolute Gasteiger partial charge is 0.492 e. The summed E-state index contributed by atoms with van der Waals surface area (Å²) in [6, 6.07) is 9.76. The maximum Gasteiger partial charge on any atom is 0.119 e. The number of para-hydroxylation sites is 1. The summed E-state index contributed by atoms with van der Waals surface area (Å²) in [5.74, 6) is 1.22. The van der Waals surface area contributed by atoms with E-state index in [1.807, 2.05) is 44.3 Å². The zero-order chi connectivity index (χ0) is 12.7. The number of ether oxygens (including phenoxy) is 1. The fraction of sp³-hybridized carbons (Fsp3) is 0.462. The van der Waals surface area contributed by atoms with Crippen molar-refractivity contribution in [1.29, 1.82) is 5.41 Å². The Balaban J connectivity index is 2.20. The molecule has 17 heavy (non-hydrogen) atoms. The molecule has 94 valence electrons. The number of benzene rings is 1. The van der Waals surface area contributed by atoms with Crippen molar-refractivity contribution in [1.82, 2.24) is 4.90 Å². The van der Waals surface area contributed by atoms with Crippen LogP contribution in [-0.2, 0) is 0 Å². The molecule has 4 nitrogen and oxygen atoms in total. The van der Waals surface area contributed by atoms with Crippen LogP contribution < -0.4 is 10.5 Å². The number of likely N-dealkylation sites (N-methyl/N-ethyl adjacent to an activating group) is 1. The van der Waals surface area contributed by atoms with Gasteiger partial charge in [0.05, 0.1) is 5.84 Å². The third-order valence-corrected chi connectivity index (χ3v) is 2.60. The molecule has 0 bridgehead atoms. The van der Waals surface area contributed by atoms with Crippen LogP contribution in [0.2, 0.25) is 0 Å². The minimum absolute atomic E-state index is 0.0942. The second-order valence-corrected chi connectivity index (χ2v) is 4.28. The minimum atomic E-state index is 0.0942. The summed E-state index contributed by atoms with van der Waals surface area (Å²) in [4.78, 5) is 2.12. The van der Waals surface area contributed by atoms with E-state index in [0.717, 1.165) is 18.8 Å². The van der Waals surface area contributed by atoms with Gasteiger partial charge in [0, 0.05) is 19.0 Å². The minimum Gasteiger partial charge on any atom is -0.492 e. The highest BCUT2D eigenvalue weighted by Gasteiger charge is 2.08. The number of nitrogens with zero attached hydrogens (tertiary/aromatic N) is 1. The average Bonchev–Trinajstić information content (AvgIpc) is 2.30. The molecule has 1 atom stereocenters. The Morgan fingerprint density at radius 1 is 1.41 bits per heavy atom. The van der Waals surface area contributed by atoms with Gasteiger partial charge in [0.25, 0.3) is 0 Å². The highest BCUT2D eigenvalue weighted by molar-refractivity contribution is 5.79. The number of nitrogens with two attached hydrogens (primary N) is 1. The Morgan fingerprint density at radius 3 is 2.65 bits per heavy atom. The molecule has 0 aromatic heterocycles. The van der Waals surface area contributed by atoms with Gasteiger partial charge in [-0.05, 0) is 19.2 Å². The highest BCUT2D eigenvalue weighted by Crippen LogP contribution is 2.08. The fourth-order valence-corrected chi connectivity index (χ4v) is 1.49. The molecule has 0 aliphatic rings. The van der Waals surface area contributed by atoms with Gasteiger partial charge in [-0.25, -0.2) is 0 Å². The standard InChI is InChI=1S/C13H21N3O/c1-11(13(14)15)10-16(2)8-9-17-12-6-4-3-5-7-12/h3-7,11H,8-10H2,1-2H3,(H3,14,15). The van der Waals surface area contributed by atoms with Crippen molar-refractivity contribution >= 4 is 5.84 Å². The number of hydrogen-bond donors (Lipinski definition) is 2. The van der Waals surface area contributed by atoms with Crippen molar-refractivity contribution in [2.75, 3.05) is 26.7 Å². The van der Waals surface area contributed by atoms with E-state index >= 15 is 0 Å². The molecule has 0 aliphatic carbocycles. The number of hydrogen-bond acceptors (Lipinski definition) is 3. The number of rotatable bonds is 7. The van der Waals surface area contributed by atoms with Crippen LogP contribution in [0, 0.1) is 11.3 Å². The molecule has 3 N–H and O–H groups in total. The molecule has 0 amide bonds. The van der Waals surface area contributed by atoms with Crippen LogP contribution >= 0.6 is 0 Å². The number of amidine groups is 1.